The molecule has 5 nitrogen and oxygen atoms in total. The van der Waals surface area contributed by atoms with Crippen LogP contribution in [0.5, 0.6) is 0 Å². The number of nitrogens with one attached hydrogen (secondary N) is 1. The Balaban J connectivity index is 1.57. The molecule has 0 bridgehead atoms. The maximum Gasteiger partial charge on any atom is 0.234 e. The molecule has 1 saturated heterocycles. The molecule has 0 saturated carbocycles. The lowest BCUT2D eigenvalue weighted by Gasteiger charge is -2.23. The number of rotatable bonds is 4. The molecule has 0 spiro atoms. The van der Waals surface area contributed by atoms with Gasteiger partial charge in [0, 0.05) is 30.8 Å². The summed E-state index contributed by atoms with van der Waals surface area (Å²) in [6, 6.07) is 13.8. The van der Waals surface area contributed by atoms with Gasteiger partial charge >= 0.3 is 0 Å². The van der Waals surface area contributed by atoms with Gasteiger partial charge in [-0.1, -0.05) is 54.1 Å². The van der Waals surface area contributed by atoms with E-state index in [9.17, 15) is 9.59 Å². The molecule has 4 rings (SSSR count). The Morgan fingerprint density at radius 2 is 1.79 bits per heavy atom. The highest BCUT2D eigenvalue weighted by molar-refractivity contribution is 6.34. The number of imide groups is 1. The van der Waals surface area contributed by atoms with Gasteiger partial charge in [-0.15, -0.1) is 0 Å². The molecule has 1 aromatic heterocycles. The van der Waals surface area contributed by atoms with Gasteiger partial charge in [0.15, 0.2) is 0 Å². The number of aromatic nitrogens is 2. The largest absolute Gasteiger partial charge is 0.296 e. The fourth-order valence-corrected chi connectivity index (χ4v) is 3.89. The highest BCUT2D eigenvalue weighted by atomic mass is 35.5. The summed E-state index contributed by atoms with van der Waals surface area (Å²) in [5.74, 6) is -0.139. The molecule has 2 aromatic carbocycles. The van der Waals surface area contributed by atoms with E-state index in [2.05, 4.69) is 15.3 Å². The van der Waals surface area contributed by atoms with Gasteiger partial charge in [-0.3, -0.25) is 14.9 Å². The molecule has 1 aliphatic rings. The van der Waals surface area contributed by atoms with Crippen molar-refractivity contribution >= 4 is 23.4 Å². The fourth-order valence-electron chi connectivity index (χ4n) is 3.53. The van der Waals surface area contributed by atoms with E-state index in [4.69, 9.17) is 11.6 Å². The minimum Gasteiger partial charge on any atom is -0.296 e. The number of nitrogens with zero attached hydrogens (tertiary/aromatic N) is 2. The van der Waals surface area contributed by atoms with Crippen molar-refractivity contribution in [1.29, 1.82) is 0 Å². The standard InChI is InChI=1S/C23H20ClN3O2/c1-14-12-25-20(26-13-14)11-15-5-7-16(8-6-15)17-3-2-4-18(22(17)24)19-9-10-21(28)27-23(19)29/h2-8,12-13,19H,9-11H2,1H3,(H,27,28,29). The van der Waals surface area contributed by atoms with Crippen molar-refractivity contribution in [2.45, 2.75) is 32.1 Å². The van der Waals surface area contributed by atoms with Gasteiger partial charge in [0.25, 0.3) is 0 Å². The first-order valence-electron chi connectivity index (χ1n) is 9.50. The van der Waals surface area contributed by atoms with E-state index >= 15 is 0 Å². The fraction of sp³-hybridized carbons (Fsp3) is 0.217. The van der Waals surface area contributed by atoms with E-state index in [0.717, 1.165) is 33.6 Å². The molecule has 146 valence electrons. The van der Waals surface area contributed by atoms with E-state index in [0.29, 0.717) is 24.3 Å². The molecule has 1 unspecified atom stereocenters. The van der Waals surface area contributed by atoms with Crippen LogP contribution in [0, 0.1) is 6.92 Å². The molecule has 1 N–H and O–H groups in total. The Morgan fingerprint density at radius 1 is 1.07 bits per heavy atom. The zero-order chi connectivity index (χ0) is 20.4. The van der Waals surface area contributed by atoms with Crippen LogP contribution in [-0.2, 0) is 16.0 Å². The first-order chi connectivity index (χ1) is 14.0. The average molecular weight is 406 g/mol. The molecule has 0 radical (unpaired) electrons. The lowest BCUT2D eigenvalue weighted by atomic mass is 9.88. The van der Waals surface area contributed by atoms with E-state index < -0.39 is 5.92 Å². The third kappa shape index (κ3) is 4.20. The van der Waals surface area contributed by atoms with Crippen LogP contribution in [0.1, 0.15) is 41.3 Å². The first kappa shape index (κ1) is 19.3. The molecule has 6 heteroatoms. The average Bonchev–Trinajstić information content (AvgIpc) is 2.71. The van der Waals surface area contributed by atoms with Crippen molar-refractivity contribution in [3.05, 3.63) is 82.4 Å². The van der Waals surface area contributed by atoms with Crippen LogP contribution < -0.4 is 5.32 Å². The second-order valence-electron chi connectivity index (χ2n) is 7.26. The topological polar surface area (TPSA) is 72.0 Å². The summed E-state index contributed by atoms with van der Waals surface area (Å²) in [5, 5.41) is 2.95. The molecule has 2 heterocycles. The summed E-state index contributed by atoms with van der Waals surface area (Å²) in [6.45, 7) is 1.96. The van der Waals surface area contributed by atoms with Gasteiger partial charge in [0.2, 0.25) is 11.8 Å². The summed E-state index contributed by atoms with van der Waals surface area (Å²) >= 11 is 6.68. The maximum absolute atomic E-state index is 12.2. The third-order valence-corrected chi connectivity index (χ3v) is 5.53. The first-order valence-corrected chi connectivity index (χ1v) is 9.88. The second-order valence-corrected chi connectivity index (χ2v) is 7.64. The van der Waals surface area contributed by atoms with Crippen molar-refractivity contribution in [3.63, 3.8) is 0 Å². The number of carbonyl (C=O) groups is 2. The Kier molecular flexibility index (Phi) is 5.41. The Bertz CT molecular complexity index is 1060. The van der Waals surface area contributed by atoms with Crippen LogP contribution in [0.15, 0.2) is 54.9 Å². The highest BCUT2D eigenvalue weighted by Gasteiger charge is 2.30. The minimum absolute atomic E-state index is 0.230. The van der Waals surface area contributed by atoms with Crippen molar-refractivity contribution in [1.82, 2.24) is 15.3 Å². The Hall–Kier alpha value is -3.05. The summed E-state index contributed by atoms with van der Waals surface area (Å²) in [7, 11) is 0. The molecule has 1 fully saturated rings. The molecule has 2 amide bonds. The predicted molar refractivity (Wildman–Crippen MR) is 112 cm³/mol. The molecule has 29 heavy (non-hydrogen) atoms. The number of hydrogen-bond acceptors (Lipinski definition) is 4. The second kappa shape index (κ2) is 8.13. The number of piperidine rings is 1. The molecule has 0 aliphatic carbocycles. The third-order valence-electron chi connectivity index (χ3n) is 5.10. The van der Waals surface area contributed by atoms with Crippen LogP contribution in [0.4, 0.5) is 0 Å². The summed E-state index contributed by atoms with van der Waals surface area (Å²) in [5.41, 5.74) is 4.74. The summed E-state index contributed by atoms with van der Waals surface area (Å²) in [6.07, 6.45) is 5.09. The molecule has 1 aliphatic heterocycles. The normalized spacial score (nSPS) is 16.6. The van der Waals surface area contributed by atoms with Crippen LogP contribution >= 0.6 is 11.6 Å². The quantitative estimate of drug-likeness (QED) is 0.660. The zero-order valence-corrected chi connectivity index (χ0v) is 16.7. The van der Waals surface area contributed by atoms with Gasteiger partial charge in [0.1, 0.15) is 5.82 Å². The van der Waals surface area contributed by atoms with Gasteiger partial charge in [-0.05, 0) is 35.6 Å². The van der Waals surface area contributed by atoms with Gasteiger partial charge in [-0.25, -0.2) is 9.97 Å². The highest BCUT2D eigenvalue weighted by Crippen LogP contribution is 2.37. The van der Waals surface area contributed by atoms with Crippen LogP contribution in [0.2, 0.25) is 5.02 Å². The Morgan fingerprint density at radius 3 is 2.48 bits per heavy atom. The molecule has 1 atom stereocenters. The number of amides is 2. The van der Waals surface area contributed by atoms with Crippen molar-refractivity contribution < 1.29 is 9.59 Å². The SMILES string of the molecule is Cc1cnc(Cc2ccc(-c3cccc(C4CCC(=O)NC4=O)c3Cl)cc2)nc1. The van der Waals surface area contributed by atoms with Crippen LogP contribution in [0.25, 0.3) is 11.1 Å². The predicted octanol–water partition coefficient (Wildman–Crippen LogP) is 4.22. The zero-order valence-electron chi connectivity index (χ0n) is 16.0. The molecular formula is C23H20ClN3O2. The number of aryl methyl sites for hydroxylation is 1. The number of carbonyl (C=O) groups excluding carboxylic acids is 2. The van der Waals surface area contributed by atoms with E-state index in [-0.39, 0.29) is 11.8 Å². The van der Waals surface area contributed by atoms with Crippen LogP contribution in [-0.4, -0.2) is 21.8 Å². The molecular weight excluding hydrogens is 386 g/mol. The number of hydrogen-bond donors (Lipinski definition) is 1. The van der Waals surface area contributed by atoms with Gasteiger partial charge in [-0.2, -0.15) is 0 Å². The monoisotopic (exact) mass is 405 g/mol. The van der Waals surface area contributed by atoms with E-state index in [1.54, 1.807) is 0 Å². The summed E-state index contributed by atoms with van der Waals surface area (Å²) < 4.78 is 0. The van der Waals surface area contributed by atoms with Crippen molar-refractivity contribution in [3.8, 4) is 11.1 Å². The van der Waals surface area contributed by atoms with Crippen molar-refractivity contribution in [2.24, 2.45) is 0 Å². The minimum atomic E-state index is -0.405. The van der Waals surface area contributed by atoms with Gasteiger partial charge in [0.05, 0.1) is 10.9 Å². The number of benzene rings is 2. The number of halogens is 1. The van der Waals surface area contributed by atoms with Gasteiger partial charge < -0.3 is 0 Å². The lowest BCUT2D eigenvalue weighted by molar-refractivity contribution is -0.134. The maximum atomic E-state index is 12.2. The lowest BCUT2D eigenvalue weighted by Crippen LogP contribution is -2.39. The Labute approximate surface area is 174 Å². The van der Waals surface area contributed by atoms with E-state index in [1.165, 1.54) is 0 Å². The summed E-state index contributed by atoms with van der Waals surface area (Å²) in [4.78, 5) is 32.4. The van der Waals surface area contributed by atoms with E-state index in [1.807, 2.05) is 61.8 Å². The van der Waals surface area contributed by atoms with Crippen LogP contribution in [0.3, 0.4) is 0 Å². The van der Waals surface area contributed by atoms with Crippen molar-refractivity contribution in [2.75, 3.05) is 0 Å². The smallest absolute Gasteiger partial charge is 0.234 e. The molecule has 3 aromatic rings.